The monoisotopic (exact) mass is 434 g/mol. The molecule has 0 spiro atoms. The summed E-state index contributed by atoms with van der Waals surface area (Å²) < 4.78 is 65.5. The molecule has 0 aliphatic carbocycles. The number of nitrogens with one attached hydrogen (secondary N) is 2. The summed E-state index contributed by atoms with van der Waals surface area (Å²) in [6.07, 6.45) is -4.59. The Balaban J connectivity index is 1.76. The summed E-state index contributed by atoms with van der Waals surface area (Å²) in [6.45, 7) is 1.84. The van der Waals surface area contributed by atoms with E-state index in [0.717, 1.165) is 17.7 Å². The maximum absolute atomic E-state index is 12.8. The van der Waals surface area contributed by atoms with Crippen molar-refractivity contribution >= 4 is 27.3 Å². The molecule has 0 fully saturated rings. The first-order valence-corrected chi connectivity index (χ1v) is 10.2. The van der Waals surface area contributed by atoms with Crippen molar-refractivity contribution in [2.24, 2.45) is 0 Å². The minimum absolute atomic E-state index is 0.188. The summed E-state index contributed by atoms with van der Waals surface area (Å²) in [5.74, 6) is -0.418. The third-order valence-electron chi connectivity index (χ3n) is 4.26. The molecule has 0 unspecified atom stereocenters. The second-order valence-corrected chi connectivity index (χ2v) is 8.16. The van der Waals surface area contributed by atoms with Crippen LogP contribution in [0.15, 0.2) is 77.7 Å². The average molecular weight is 434 g/mol. The van der Waals surface area contributed by atoms with Gasteiger partial charge < -0.3 is 5.32 Å². The van der Waals surface area contributed by atoms with E-state index in [9.17, 15) is 26.4 Å². The van der Waals surface area contributed by atoms with Gasteiger partial charge in [-0.3, -0.25) is 9.52 Å². The molecular formula is C21H17F3N2O3S. The molecule has 3 aromatic rings. The first-order chi connectivity index (χ1) is 14.1. The van der Waals surface area contributed by atoms with E-state index in [1.54, 1.807) is 12.1 Å². The number of para-hydroxylation sites is 1. The third kappa shape index (κ3) is 4.98. The number of alkyl halides is 3. The molecule has 30 heavy (non-hydrogen) atoms. The van der Waals surface area contributed by atoms with Crippen LogP contribution in [0.4, 0.5) is 24.5 Å². The largest absolute Gasteiger partial charge is 0.416 e. The Morgan fingerprint density at radius 3 is 2.20 bits per heavy atom. The summed E-state index contributed by atoms with van der Waals surface area (Å²) >= 11 is 0. The van der Waals surface area contributed by atoms with Crippen LogP contribution in [0.3, 0.4) is 0 Å². The van der Waals surface area contributed by atoms with Crippen molar-refractivity contribution in [3.63, 3.8) is 0 Å². The molecule has 0 aromatic heterocycles. The molecule has 5 nitrogen and oxygen atoms in total. The number of rotatable bonds is 5. The number of sulfonamides is 1. The summed E-state index contributed by atoms with van der Waals surface area (Å²) in [4.78, 5) is 12.2. The molecular weight excluding hydrogens is 417 g/mol. The Labute approximate surface area is 171 Å². The highest BCUT2D eigenvalue weighted by Gasteiger charge is 2.30. The second kappa shape index (κ2) is 8.19. The van der Waals surface area contributed by atoms with Crippen molar-refractivity contribution in [2.75, 3.05) is 10.0 Å². The van der Waals surface area contributed by atoms with Crippen LogP contribution >= 0.6 is 0 Å². The average Bonchev–Trinajstić information content (AvgIpc) is 2.69. The fourth-order valence-electron chi connectivity index (χ4n) is 2.67. The minimum atomic E-state index is -4.59. The van der Waals surface area contributed by atoms with Gasteiger partial charge in [-0.15, -0.1) is 0 Å². The lowest BCUT2D eigenvalue weighted by atomic mass is 10.1. The third-order valence-corrected chi connectivity index (χ3v) is 5.66. The zero-order valence-electron chi connectivity index (χ0n) is 15.7. The SMILES string of the molecule is Cc1ccccc1NC(=O)c1ccc(S(=O)(=O)Nc2cccc(C(F)(F)F)c2)cc1. The van der Waals surface area contributed by atoms with Crippen molar-refractivity contribution < 1.29 is 26.4 Å². The molecule has 0 aliphatic rings. The summed E-state index contributed by atoms with van der Waals surface area (Å²) in [5, 5.41) is 2.73. The predicted molar refractivity (Wildman–Crippen MR) is 108 cm³/mol. The molecule has 1 amide bonds. The Bertz CT molecular complexity index is 1170. The van der Waals surface area contributed by atoms with E-state index in [1.807, 2.05) is 19.1 Å². The molecule has 3 aromatic carbocycles. The minimum Gasteiger partial charge on any atom is -0.322 e. The lowest BCUT2D eigenvalue weighted by Gasteiger charge is -2.12. The van der Waals surface area contributed by atoms with Crippen LogP contribution in [-0.2, 0) is 16.2 Å². The number of amides is 1. The van der Waals surface area contributed by atoms with Crippen LogP contribution in [0.1, 0.15) is 21.5 Å². The molecule has 0 bridgehead atoms. The quantitative estimate of drug-likeness (QED) is 0.589. The molecule has 2 N–H and O–H groups in total. The first-order valence-electron chi connectivity index (χ1n) is 8.73. The number of halogens is 3. The Kier molecular flexibility index (Phi) is 5.84. The van der Waals surface area contributed by atoms with Gasteiger partial charge in [0.15, 0.2) is 0 Å². The molecule has 3 rings (SSSR count). The molecule has 0 radical (unpaired) electrons. The van der Waals surface area contributed by atoms with Gasteiger partial charge in [0.05, 0.1) is 10.5 Å². The topological polar surface area (TPSA) is 75.3 Å². The number of carbonyl (C=O) groups excluding carboxylic acids is 1. The molecule has 0 saturated carbocycles. The van der Waals surface area contributed by atoms with E-state index in [1.165, 1.54) is 30.3 Å². The van der Waals surface area contributed by atoms with E-state index < -0.39 is 27.7 Å². The van der Waals surface area contributed by atoms with Crippen LogP contribution in [0.25, 0.3) is 0 Å². The van der Waals surface area contributed by atoms with Crippen LogP contribution < -0.4 is 10.0 Å². The van der Waals surface area contributed by atoms with Gasteiger partial charge in [0.2, 0.25) is 0 Å². The van der Waals surface area contributed by atoms with Gasteiger partial charge in [-0.2, -0.15) is 13.2 Å². The van der Waals surface area contributed by atoms with E-state index in [4.69, 9.17) is 0 Å². The van der Waals surface area contributed by atoms with Crippen molar-refractivity contribution in [1.82, 2.24) is 0 Å². The van der Waals surface area contributed by atoms with Gasteiger partial charge in [0.25, 0.3) is 15.9 Å². The number of hydrogen-bond donors (Lipinski definition) is 2. The Morgan fingerprint density at radius 2 is 1.57 bits per heavy atom. The molecule has 9 heteroatoms. The fraction of sp³-hybridized carbons (Fsp3) is 0.0952. The second-order valence-electron chi connectivity index (χ2n) is 6.48. The number of benzene rings is 3. The van der Waals surface area contributed by atoms with E-state index in [0.29, 0.717) is 11.8 Å². The molecule has 0 aliphatic heterocycles. The maximum atomic E-state index is 12.8. The Hall–Kier alpha value is -3.33. The zero-order valence-corrected chi connectivity index (χ0v) is 16.5. The fourth-order valence-corrected chi connectivity index (χ4v) is 3.72. The van der Waals surface area contributed by atoms with E-state index >= 15 is 0 Å². The van der Waals surface area contributed by atoms with E-state index in [-0.39, 0.29) is 16.1 Å². The first kappa shape index (κ1) is 21.4. The molecule has 0 atom stereocenters. The van der Waals surface area contributed by atoms with Gasteiger partial charge in [0, 0.05) is 16.9 Å². The Morgan fingerprint density at radius 1 is 0.900 bits per heavy atom. The molecule has 0 heterocycles. The van der Waals surface area contributed by atoms with E-state index in [2.05, 4.69) is 10.0 Å². The summed E-state index contributed by atoms with van der Waals surface area (Å²) in [7, 11) is -4.13. The highest BCUT2D eigenvalue weighted by molar-refractivity contribution is 7.92. The van der Waals surface area contributed by atoms with Crippen molar-refractivity contribution in [3.8, 4) is 0 Å². The van der Waals surface area contributed by atoms with Crippen LogP contribution in [0.2, 0.25) is 0 Å². The van der Waals surface area contributed by atoms with Gasteiger partial charge in [-0.05, 0) is 61.0 Å². The summed E-state index contributed by atoms with van der Waals surface area (Å²) in [6, 6.07) is 16.2. The van der Waals surface area contributed by atoms with Gasteiger partial charge in [-0.25, -0.2) is 8.42 Å². The van der Waals surface area contributed by atoms with Crippen LogP contribution in [0, 0.1) is 6.92 Å². The number of carbonyl (C=O) groups is 1. The number of anilines is 2. The van der Waals surface area contributed by atoms with Crippen LogP contribution in [0.5, 0.6) is 0 Å². The van der Waals surface area contributed by atoms with Gasteiger partial charge in [0.1, 0.15) is 0 Å². The number of hydrogen-bond acceptors (Lipinski definition) is 3. The maximum Gasteiger partial charge on any atom is 0.416 e. The van der Waals surface area contributed by atoms with Crippen molar-refractivity contribution in [3.05, 3.63) is 89.5 Å². The lowest BCUT2D eigenvalue weighted by molar-refractivity contribution is -0.137. The normalized spacial score (nSPS) is 11.7. The van der Waals surface area contributed by atoms with Crippen molar-refractivity contribution in [1.29, 1.82) is 0 Å². The predicted octanol–water partition coefficient (Wildman–Crippen LogP) is 5.07. The highest BCUT2D eigenvalue weighted by Crippen LogP contribution is 2.31. The standard InChI is InChI=1S/C21H17F3N2O3S/c1-14-5-2-3-8-19(14)25-20(27)15-9-11-18(12-10-15)30(28,29)26-17-7-4-6-16(13-17)21(22,23)24/h2-13,26H,1H3,(H,25,27). The van der Waals surface area contributed by atoms with Crippen molar-refractivity contribution in [2.45, 2.75) is 18.0 Å². The molecule has 0 saturated heterocycles. The molecule has 156 valence electrons. The zero-order chi connectivity index (χ0) is 21.9. The van der Waals surface area contributed by atoms with Gasteiger partial charge in [-0.1, -0.05) is 24.3 Å². The smallest absolute Gasteiger partial charge is 0.322 e. The van der Waals surface area contributed by atoms with Gasteiger partial charge >= 0.3 is 6.18 Å². The van der Waals surface area contributed by atoms with Crippen LogP contribution in [-0.4, -0.2) is 14.3 Å². The number of aryl methyl sites for hydroxylation is 1. The lowest BCUT2D eigenvalue weighted by Crippen LogP contribution is -2.15. The summed E-state index contributed by atoms with van der Waals surface area (Å²) in [5.41, 5.74) is 0.550. The highest BCUT2D eigenvalue weighted by atomic mass is 32.2.